The van der Waals surface area contributed by atoms with Crippen LogP contribution in [0.2, 0.25) is 0 Å². The van der Waals surface area contributed by atoms with Crippen LogP contribution in [-0.4, -0.2) is 97.9 Å². The summed E-state index contributed by atoms with van der Waals surface area (Å²) in [7, 11) is 0. The minimum Gasteiger partial charge on any atom is -0.507 e. The Bertz CT molecular complexity index is 1100. The van der Waals surface area contributed by atoms with Gasteiger partial charge >= 0.3 is 0 Å². The maximum Gasteiger partial charge on any atom is 0.123 e. The molecule has 338 valence electrons. The highest BCUT2D eigenvalue weighted by Crippen LogP contribution is 2.40. The van der Waals surface area contributed by atoms with Gasteiger partial charge in [0.1, 0.15) is 5.75 Å². The van der Waals surface area contributed by atoms with Gasteiger partial charge in [0.25, 0.3) is 0 Å². The van der Waals surface area contributed by atoms with Gasteiger partial charge in [-0.05, 0) is 102 Å². The Morgan fingerprint density at radius 2 is 0.842 bits per heavy atom. The van der Waals surface area contributed by atoms with Gasteiger partial charge in [-0.15, -0.1) is 0 Å². The Hall–Kier alpha value is -1.26. The summed E-state index contributed by atoms with van der Waals surface area (Å²) in [4.78, 5) is 2.49. The first-order chi connectivity index (χ1) is 26.6. The van der Waals surface area contributed by atoms with E-state index in [1.165, 1.54) is 31.2 Å². The molecular formula is C49H99N5O3. The molecule has 6 atom stereocenters. The standard InChI is InChI=1S/C47H93N5O3.C2H6/c1-34(2)23-36(5)25-38(7)27-41(53)31-50-18-17-48-15-16-49-19-21-52(22-20-51-32-42(54)28-39(8)26-37(6)24-35(3)4)33-40-29-43(46(9,10)11)45(55)44(30-40)47(12,13)14;1-2/h29-30,34-39,41-42,48-51,53-55H,15-28,31-33H2,1-14H3;1-2H3. The number of aliphatic hydroxyl groups excluding tert-OH is 2. The van der Waals surface area contributed by atoms with Crippen molar-refractivity contribution in [1.82, 2.24) is 26.2 Å². The lowest BCUT2D eigenvalue weighted by molar-refractivity contribution is 0.134. The molecule has 1 aromatic rings. The maximum atomic E-state index is 11.3. The number of nitrogens with zero attached hydrogens (tertiary/aromatic N) is 1. The summed E-state index contributed by atoms with van der Waals surface area (Å²) >= 11 is 0. The zero-order chi connectivity index (χ0) is 43.8. The lowest BCUT2D eigenvalue weighted by atomic mass is 9.78. The minimum absolute atomic E-state index is 0.166. The van der Waals surface area contributed by atoms with Gasteiger partial charge in [0.15, 0.2) is 0 Å². The van der Waals surface area contributed by atoms with E-state index in [2.05, 4.69) is 135 Å². The lowest BCUT2D eigenvalue weighted by Gasteiger charge is -2.30. The molecule has 0 spiro atoms. The van der Waals surface area contributed by atoms with Crippen LogP contribution >= 0.6 is 0 Å². The third kappa shape index (κ3) is 27.3. The predicted octanol–water partition coefficient (Wildman–Crippen LogP) is 9.09. The third-order valence-corrected chi connectivity index (χ3v) is 10.8. The Morgan fingerprint density at radius 1 is 0.509 bits per heavy atom. The summed E-state index contributed by atoms with van der Waals surface area (Å²) in [5.74, 6) is 4.35. The summed E-state index contributed by atoms with van der Waals surface area (Å²) in [5.41, 5.74) is 2.90. The number of phenolic OH excluding ortho intramolecular Hbond substituents is 1. The van der Waals surface area contributed by atoms with Gasteiger partial charge in [-0.2, -0.15) is 0 Å². The average molecular weight is 806 g/mol. The van der Waals surface area contributed by atoms with Crippen LogP contribution < -0.4 is 21.3 Å². The molecule has 0 aliphatic carbocycles. The highest BCUT2D eigenvalue weighted by Gasteiger charge is 2.27. The molecule has 1 rings (SSSR count). The average Bonchev–Trinajstić information content (AvgIpc) is 3.06. The van der Waals surface area contributed by atoms with Crippen LogP contribution in [0, 0.1) is 35.5 Å². The van der Waals surface area contributed by atoms with E-state index in [1.54, 1.807) is 0 Å². The van der Waals surface area contributed by atoms with Crippen molar-refractivity contribution in [3.05, 3.63) is 28.8 Å². The summed E-state index contributed by atoms with van der Waals surface area (Å²) in [5, 5.41) is 46.8. The summed E-state index contributed by atoms with van der Waals surface area (Å²) in [6.45, 7) is 44.5. The van der Waals surface area contributed by atoms with E-state index >= 15 is 0 Å². The first kappa shape index (κ1) is 55.7. The first-order valence-electron chi connectivity index (χ1n) is 23.4. The van der Waals surface area contributed by atoms with Crippen molar-refractivity contribution in [1.29, 1.82) is 0 Å². The molecule has 0 aliphatic rings. The van der Waals surface area contributed by atoms with Gasteiger partial charge < -0.3 is 36.6 Å². The zero-order valence-corrected chi connectivity index (χ0v) is 40.6. The van der Waals surface area contributed by atoms with Crippen molar-refractivity contribution in [3.63, 3.8) is 0 Å². The van der Waals surface area contributed by atoms with Gasteiger partial charge in [0.05, 0.1) is 12.2 Å². The number of nitrogens with one attached hydrogen (secondary N) is 4. The second-order valence-corrected chi connectivity index (χ2v) is 20.7. The van der Waals surface area contributed by atoms with Crippen LogP contribution in [0.15, 0.2) is 12.1 Å². The van der Waals surface area contributed by atoms with Gasteiger partial charge in [0, 0.05) is 72.0 Å². The van der Waals surface area contributed by atoms with E-state index < -0.39 is 0 Å². The van der Waals surface area contributed by atoms with Crippen LogP contribution in [0.4, 0.5) is 0 Å². The summed E-state index contributed by atoms with van der Waals surface area (Å²) in [6.07, 6.45) is 5.95. The van der Waals surface area contributed by atoms with Crippen LogP contribution in [0.1, 0.15) is 166 Å². The number of rotatable bonds is 30. The highest BCUT2D eigenvalue weighted by atomic mass is 16.3. The quantitative estimate of drug-likeness (QED) is 0.0386. The van der Waals surface area contributed by atoms with Crippen molar-refractivity contribution in [2.45, 2.75) is 179 Å². The normalized spacial score (nSPS) is 15.7. The molecule has 8 heteroatoms. The first-order valence-corrected chi connectivity index (χ1v) is 23.4. The SMILES string of the molecule is CC.CC(C)CC(C)CC(C)CC(O)CNCCNCCNCCN(CCNCC(O)CC(C)CC(C)CC(C)C)Cc1cc(C(C)(C)C)c(O)c(C(C)(C)C)c1. The molecule has 0 amide bonds. The van der Waals surface area contributed by atoms with E-state index in [0.717, 1.165) is 94.7 Å². The van der Waals surface area contributed by atoms with Crippen molar-refractivity contribution >= 4 is 0 Å². The fraction of sp³-hybridized carbons (Fsp3) is 0.878. The summed E-state index contributed by atoms with van der Waals surface area (Å²) in [6, 6.07) is 4.41. The van der Waals surface area contributed by atoms with Gasteiger partial charge in [-0.1, -0.05) is 123 Å². The van der Waals surface area contributed by atoms with Gasteiger partial charge in [-0.25, -0.2) is 0 Å². The van der Waals surface area contributed by atoms with Crippen LogP contribution in [-0.2, 0) is 17.4 Å². The van der Waals surface area contributed by atoms with E-state index in [-0.39, 0.29) is 23.0 Å². The molecule has 57 heavy (non-hydrogen) atoms. The van der Waals surface area contributed by atoms with Crippen LogP contribution in [0.25, 0.3) is 0 Å². The Balaban J connectivity index is 0.0000154. The van der Waals surface area contributed by atoms with Crippen molar-refractivity contribution < 1.29 is 15.3 Å². The molecule has 7 N–H and O–H groups in total. The molecule has 0 heterocycles. The number of hydrogen-bond acceptors (Lipinski definition) is 8. The molecule has 0 aromatic heterocycles. The Kier molecular flexibility index (Phi) is 29.2. The molecule has 0 radical (unpaired) electrons. The predicted molar refractivity (Wildman–Crippen MR) is 250 cm³/mol. The fourth-order valence-electron chi connectivity index (χ4n) is 8.54. The van der Waals surface area contributed by atoms with Crippen molar-refractivity contribution in [2.24, 2.45) is 35.5 Å². The Morgan fingerprint density at radius 3 is 1.23 bits per heavy atom. The largest absolute Gasteiger partial charge is 0.507 e. The van der Waals surface area contributed by atoms with Crippen LogP contribution in [0.5, 0.6) is 5.75 Å². The fourth-order valence-corrected chi connectivity index (χ4v) is 8.54. The summed E-state index contributed by atoms with van der Waals surface area (Å²) < 4.78 is 0. The minimum atomic E-state index is -0.332. The molecule has 1 aromatic carbocycles. The topological polar surface area (TPSA) is 112 Å². The van der Waals surface area contributed by atoms with Crippen molar-refractivity contribution in [3.8, 4) is 5.75 Å². The number of aromatic hydroxyl groups is 1. The van der Waals surface area contributed by atoms with Crippen molar-refractivity contribution in [2.75, 3.05) is 65.4 Å². The molecule has 8 nitrogen and oxygen atoms in total. The molecule has 6 unspecified atom stereocenters. The highest BCUT2D eigenvalue weighted by molar-refractivity contribution is 5.49. The second-order valence-electron chi connectivity index (χ2n) is 20.7. The van der Waals surface area contributed by atoms with Gasteiger partial charge in [0.2, 0.25) is 0 Å². The zero-order valence-electron chi connectivity index (χ0n) is 40.6. The maximum absolute atomic E-state index is 11.3. The molecule has 0 saturated heterocycles. The monoisotopic (exact) mass is 806 g/mol. The molecule has 0 aliphatic heterocycles. The van der Waals surface area contributed by atoms with Gasteiger partial charge in [-0.3, -0.25) is 4.90 Å². The number of aliphatic hydroxyl groups is 2. The molecular weight excluding hydrogens is 707 g/mol. The third-order valence-electron chi connectivity index (χ3n) is 10.8. The van der Waals surface area contributed by atoms with E-state index in [1.807, 2.05) is 13.8 Å². The van der Waals surface area contributed by atoms with E-state index in [4.69, 9.17) is 0 Å². The number of phenols is 1. The lowest BCUT2D eigenvalue weighted by Crippen LogP contribution is -2.40. The van der Waals surface area contributed by atoms with E-state index in [9.17, 15) is 15.3 Å². The second kappa shape index (κ2) is 29.9. The Labute approximate surface area is 354 Å². The number of benzene rings is 1. The molecule has 0 fully saturated rings. The molecule has 0 bridgehead atoms. The van der Waals surface area contributed by atoms with E-state index in [0.29, 0.717) is 42.5 Å². The smallest absolute Gasteiger partial charge is 0.123 e. The molecule has 0 saturated carbocycles. The number of hydrogen-bond donors (Lipinski definition) is 7. The van der Waals surface area contributed by atoms with Crippen LogP contribution in [0.3, 0.4) is 0 Å².